The molecule has 1 aromatic rings. The van der Waals surface area contributed by atoms with Crippen LogP contribution in [0.5, 0.6) is 0 Å². The number of anilines is 1. The first-order valence-corrected chi connectivity index (χ1v) is 7.85. The van der Waals surface area contributed by atoms with Crippen molar-refractivity contribution in [2.75, 3.05) is 18.4 Å². The predicted octanol–water partition coefficient (Wildman–Crippen LogP) is 3.23. The number of fused-ring (bicyclic) bond motifs is 1. The highest BCUT2D eigenvalue weighted by atomic mass is 16.1. The summed E-state index contributed by atoms with van der Waals surface area (Å²) >= 11 is 0. The van der Waals surface area contributed by atoms with E-state index in [4.69, 9.17) is 0 Å². The summed E-state index contributed by atoms with van der Waals surface area (Å²) in [6.45, 7) is 6.85. The SMILES string of the molecule is CCCN(CCC)C1CCc2cccc(NC=O)c2C1. The molecule has 0 spiro atoms. The Balaban J connectivity index is 2.17. The number of benzene rings is 1. The summed E-state index contributed by atoms with van der Waals surface area (Å²) in [5.74, 6) is 0. The van der Waals surface area contributed by atoms with E-state index >= 15 is 0 Å². The second-order valence-corrected chi connectivity index (χ2v) is 5.64. The quantitative estimate of drug-likeness (QED) is 0.774. The van der Waals surface area contributed by atoms with E-state index in [0.29, 0.717) is 6.04 Å². The zero-order chi connectivity index (χ0) is 14.4. The van der Waals surface area contributed by atoms with Gasteiger partial charge in [-0.25, -0.2) is 0 Å². The van der Waals surface area contributed by atoms with E-state index in [1.165, 1.54) is 43.5 Å². The Bertz CT molecular complexity index is 439. The zero-order valence-corrected chi connectivity index (χ0v) is 12.7. The van der Waals surface area contributed by atoms with Gasteiger partial charge in [-0.05, 0) is 62.4 Å². The fourth-order valence-electron chi connectivity index (χ4n) is 3.33. The molecule has 1 amide bonds. The third kappa shape index (κ3) is 3.40. The average molecular weight is 274 g/mol. The number of hydrogen-bond donors (Lipinski definition) is 1. The molecule has 1 atom stereocenters. The van der Waals surface area contributed by atoms with Crippen molar-refractivity contribution in [3.05, 3.63) is 29.3 Å². The Morgan fingerprint density at radius 3 is 2.70 bits per heavy atom. The van der Waals surface area contributed by atoms with Crippen LogP contribution in [0.25, 0.3) is 0 Å². The van der Waals surface area contributed by atoms with Crippen LogP contribution < -0.4 is 5.32 Å². The number of aryl methyl sites for hydroxylation is 1. The first-order chi connectivity index (χ1) is 9.80. The van der Waals surface area contributed by atoms with Gasteiger partial charge < -0.3 is 10.2 Å². The highest BCUT2D eigenvalue weighted by molar-refractivity contribution is 5.74. The molecule has 0 heterocycles. The molecule has 1 aliphatic carbocycles. The highest BCUT2D eigenvalue weighted by Gasteiger charge is 2.24. The molecule has 0 saturated carbocycles. The Hall–Kier alpha value is -1.35. The van der Waals surface area contributed by atoms with Gasteiger partial charge in [0.2, 0.25) is 6.41 Å². The van der Waals surface area contributed by atoms with Gasteiger partial charge in [0.15, 0.2) is 0 Å². The summed E-state index contributed by atoms with van der Waals surface area (Å²) in [7, 11) is 0. The molecule has 1 aromatic carbocycles. The van der Waals surface area contributed by atoms with Crippen LogP contribution in [0, 0.1) is 0 Å². The molecule has 3 heteroatoms. The van der Waals surface area contributed by atoms with E-state index in [-0.39, 0.29) is 0 Å². The largest absolute Gasteiger partial charge is 0.328 e. The Morgan fingerprint density at radius 2 is 2.05 bits per heavy atom. The molecule has 3 nitrogen and oxygen atoms in total. The van der Waals surface area contributed by atoms with Crippen LogP contribution >= 0.6 is 0 Å². The van der Waals surface area contributed by atoms with E-state index in [1.54, 1.807) is 0 Å². The van der Waals surface area contributed by atoms with Crippen LogP contribution in [0.3, 0.4) is 0 Å². The molecule has 0 fully saturated rings. The summed E-state index contributed by atoms with van der Waals surface area (Å²) in [4.78, 5) is 13.4. The van der Waals surface area contributed by atoms with Gasteiger partial charge in [0.05, 0.1) is 0 Å². The van der Waals surface area contributed by atoms with Crippen LogP contribution in [-0.2, 0) is 17.6 Å². The van der Waals surface area contributed by atoms with Gasteiger partial charge in [0.25, 0.3) is 0 Å². The third-order valence-corrected chi connectivity index (χ3v) is 4.21. The molecule has 20 heavy (non-hydrogen) atoms. The molecule has 110 valence electrons. The normalized spacial score (nSPS) is 17.9. The number of carbonyl (C=O) groups excluding carboxylic acids is 1. The molecular formula is C17H26N2O. The summed E-state index contributed by atoms with van der Waals surface area (Å²) in [6.07, 6.45) is 6.62. The summed E-state index contributed by atoms with van der Waals surface area (Å²) in [6, 6.07) is 6.88. The standard InChI is InChI=1S/C17H26N2O/c1-3-10-19(11-4-2)15-9-8-14-6-5-7-17(18-13-20)16(14)12-15/h5-7,13,15H,3-4,8-12H2,1-2H3,(H,18,20). The number of carbonyl (C=O) groups is 1. The summed E-state index contributed by atoms with van der Waals surface area (Å²) < 4.78 is 0. The lowest BCUT2D eigenvalue weighted by Crippen LogP contribution is -2.40. The Labute approximate surface area is 122 Å². The smallest absolute Gasteiger partial charge is 0.211 e. The highest BCUT2D eigenvalue weighted by Crippen LogP contribution is 2.30. The lowest BCUT2D eigenvalue weighted by atomic mass is 9.86. The molecule has 1 N–H and O–H groups in total. The van der Waals surface area contributed by atoms with E-state index in [2.05, 4.69) is 30.1 Å². The Kier molecular flexibility index (Phi) is 5.60. The van der Waals surface area contributed by atoms with Crippen LogP contribution in [0.2, 0.25) is 0 Å². The predicted molar refractivity (Wildman–Crippen MR) is 84.1 cm³/mol. The molecule has 1 aliphatic rings. The minimum Gasteiger partial charge on any atom is -0.328 e. The van der Waals surface area contributed by atoms with E-state index in [9.17, 15) is 4.79 Å². The van der Waals surface area contributed by atoms with Crippen molar-refractivity contribution in [1.29, 1.82) is 0 Å². The molecule has 0 radical (unpaired) electrons. The number of nitrogens with zero attached hydrogens (tertiary/aromatic N) is 1. The van der Waals surface area contributed by atoms with Gasteiger partial charge in [0, 0.05) is 11.7 Å². The van der Waals surface area contributed by atoms with Crippen molar-refractivity contribution in [1.82, 2.24) is 4.90 Å². The maximum atomic E-state index is 10.8. The minimum atomic E-state index is 0.622. The number of nitrogens with one attached hydrogen (secondary N) is 1. The van der Waals surface area contributed by atoms with Crippen molar-refractivity contribution >= 4 is 12.1 Å². The van der Waals surface area contributed by atoms with E-state index in [0.717, 1.165) is 24.9 Å². The van der Waals surface area contributed by atoms with Gasteiger partial charge >= 0.3 is 0 Å². The molecular weight excluding hydrogens is 248 g/mol. The topological polar surface area (TPSA) is 32.3 Å². The van der Waals surface area contributed by atoms with Crippen molar-refractivity contribution in [2.24, 2.45) is 0 Å². The van der Waals surface area contributed by atoms with Crippen molar-refractivity contribution in [3.63, 3.8) is 0 Å². The van der Waals surface area contributed by atoms with Crippen molar-refractivity contribution < 1.29 is 4.79 Å². The average Bonchev–Trinajstić information content (AvgIpc) is 2.47. The van der Waals surface area contributed by atoms with Crippen LogP contribution in [-0.4, -0.2) is 30.4 Å². The number of hydrogen-bond acceptors (Lipinski definition) is 2. The minimum absolute atomic E-state index is 0.622. The second kappa shape index (κ2) is 7.44. The van der Waals surface area contributed by atoms with Gasteiger partial charge in [0.1, 0.15) is 0 Å². The lowest BCUT2D eigenvalue weighted by Gasteiger charge is -2.35. The monoisotopic (exact) mass is 274 g/mol. The maximum Gasteiger partial charge on any atom is 0.211 e. The van der Waals surface area contributed by atoms with Crippen LogP contribution in [0.1, 0.15) is 44.2 Å². The van der Waals surface area contributed by atoms with Gasteiger partial charge in [-0.3, -0.25) is 4.79 Å². The molecule has 0 aliphatic heterocycles. The first-order valence-electron chi connectivity index (χ1n) is 7.85. The molecule has 0 aromatic heterocycles. The lowest BCUT2D eigenvalue weighted by molar-refractivity contribution is -0.105. The second-order valence-electron chi connectivity index (χ2n) is 5.64. The van der Waals surface area contributed by atoms with Gasteiger partial charge in [-0.15, -0.1) is 0 Å². The van der Waals surface area contributed by atoms with Gasteiger partial charge in [-0.1, -0.05) is 26.0 Å². The first kappa shape index (κ1) is 15.0. The number of amides is 1. The molecule has 2 rings (SSSR count). The zero-order valence-electron chi connectivity index (χ0n) is 12.7. The van der Waals surface area contributed by atoms with E-state index in [1.807, 2.05) is 12.1 Å². The Morgan fingerprint density at radius 1 is 1.30 bits per heavy atom. The van der Waals surface area contributed by atoms with E-state index < -0.39 is 0 Å². The maximum absolute atomic E-state index is 10.8. The third-order valence-electron chi connectivity index (χ3n) is 4.21. The number of rotatable bonds is 7. The van der Waals surface area contributed by atoms with Crippen molar-refractivity contribution in [3.8, 4) is 0 Å². The molecule has 0 saturated heterocycles. The van der Waals surface area contributed by atoms with Crippen LogP contribution in [0.4, 0.5) is 5.69 Å². The fraction of sp³-hybridized carbons (Fsp3) is 0.588. The summed E-state index contributed by atoms with van der Waals surface area (Å²) in [5.41, 5.74) is 3.74. The molecule has 1 unspecified atom stereocenters. The summed E-state index contributed by atoms with van der Waals surface area (Å²) in [5, 5.41) is 2.86. The fourth-order valence-corrected chi connectivity index (χ4v) is 3.33. The van der Waals surface area contributed by atoms with Crippen LogP contribution in [0.15, 0.2) is 18.2 Å². The molecule has 0 bridgehead atoms. The van der Waals surface area contributed by atoms with Gasteiger partial charge in [-0.2, -0.15) is 0 Å². The van der Waals surface area contributed by atoms with Crippen molar-refractivity contribution in [2.45, 2.75) is 52.0 Å².